The second kappa shape index (κ2) is 9.33. The number of benzene rings is 3. The molecule has 0 fully saturated rings. The molecule has 4 rings (SSSR count). The van der Waals surface area contributed by atoms with Crippen LogP contribution in [0, 0.1) is 5.82 Å². The number of urea groups is 1. The zero-order chi connectivity index (χ0) is 23.6. The minimum absolute atomic E-state index is 0.0744. The number of halogens is 1. The Kier molecular flexibility index (Phi) is 6.49. The number of fused-ring (bicyclic) bond motifs is 1. The van der Waals surface area contributed by atoms with Gasteiger partial charge in [-0.05, 0) is 47.4 Å². The first-order valence-electron chi connectivity index (χ1n) is 10.7. The summed E-state index contributed by atoms with van der Waals surface area (Å²) in [6, 6.07) is 17.9. The van der Waals surface area contributed by atoms with Gasteiger partial charge in [0.25, 0.3) is 0 Å². The van der Waals surface area contributed by atoms with Crippen molar-refractivity contribution >= 4 is 21.6 Å². The summed E-state index contributed by atoms with van der Waals surface area (Å²) in [4.78, 5) is 14.0. The number of carbonyl (C=O) groups is 1. The van der Waals surface area contributed by atoms with Crippen molar-refractivity contribution < 1.29 is 17.6 Å². The first kappa shape index (κ1) is 22.9. The van der Waals surface area contributed by atoms with Crippen molar-refractivity contribution in [1.82, 2.24) is 10.2 Å². The Morgan fingerprint density at radius 2 is 1.79 bits per heavy atom. The van der Waals surface area contributed by atoms with Gasteiger partial charge in [-0.25, -0.2) is 17.6 Å². The van der Waals surface area contributed by atoms with Crippen molar-refractivity contribution in [3.05, 3.63) is 94.8 Å². The third-order valence-corrected chi connectivity index (χ3v) is 7.67. The molecule has 0 saturated heterocycles. The lowest BCUT2D eigenvalue weighted by molar-refractivity contribution is 0.208. The van der Waals surface area contributed by atoms with Gasteiger partial charge in [0.2, 0.25) is 0 Å². The normalized spacial score (nSPS) is 13.9. The predicted molar refractivity (Wildman–Crippen MR) is 126 cm³/mol. The van der Waals surface area contributed by atoms with Gasteiger partial charge < -0.3 is 15.5 Å². The predicted octanol–water partition coefficient (Wildman–Crippen LogP) is 4.63. The van der Waals surface area contributed by atoms with E-state index >= 15 is 0 Å². The van der Waals surface area contributed by atoms with Gasteiger partial charge in [0, 0.05) is 20.1 Å². The average Bonchev–Trinajstić information content (AvgIpc) is 3.27. The summed E-state index contributed by atoms with van der Waals surface area (Å²) in [5.74, 6) is -1.02. The maximum atomic E-state index is 14.7. The lowest BCUT2D eigenvalue weighted by Crippen LogP contribution is -2.33. The average molecular weight is 468 g/mol. The number of sulfone groups is 1. The fraction of sp³-hybridized carbons (Fsp3) is 0.240. The van der Waals surface area contributed by atoms with Crippen molar-refractivity contribution in [3.63, 3.8) is 0 Å². The molecule has 8 heteroatoms. The van der Waals surface area contributed by atoms with Crippen LogP contribution in [0.25, 0.3) is 0 Å². The SMILES string of the molecule is CC(c1ccccc1)N(C)C(=O)Nc1ccc(S(=O)(=O)Cc2ccc3c(c2)CNC3)cc1F. The monoisotopic (exact) mass is 467 g/mol. The second-order valence-corrected chi connectivity index (χ2v) is 10.2. The van der Waals surface area contributed by atoms with Crippen molar-refractivity contribution in [3.8, 4) is 0 Å². The van der Waals surface area contributed by atoms with E-state index in [1.165, 1.54) is 17.0 Å². The molecule has 3 aromatic carbocycles. The molecule has 1 atom stereocenters. The molecule has 6 nitrogen and oxygen atoms in total. The minimum Gasteiger partial charge on any atom is -0.321 e. The minimum atomic E-state index is -3.75. The molecule has 0 aliphatic carbocycles. The third-order valence-electron chi connectivity index (χ3n) is 5.98. The highest BCUT2D eigenvalue weighted by Gasteiger charge is 2.22. The zero-order valence-electron chi connectivity index (χ0n) is 18.5. The van der Waals surface area contributed by atoms with Crippen LogP contribution in [0.15, 0.2) is 71.6 Å². The molecule has 2 N–H and O–H groups in total. The molecule has 1 aliphatic rings. The Morgan fingerprint density at radius 1 is 1.06 bits per heavy atom. The van der Waals surface area contributed by atoms with Crippen LogP contribution in [0.3, 0.4) is 0 Å². The molecule has 33 heavy (non-hydrogen) atoms. The second-order valence-electron chi connectivity index (χ2n) is 8.24. The molecule has 0 aromatic heterocycles. The molecule has 0 bridgehead atoms. The first-order valence-corrected chi connectivity index (χ1v) is 12.3. The standard InChI is InChI=1S/C25H26FN3O3S/c1-17(19-6-4-3-5-7-19)29(2)25(30)28-24-11-10-22(13-23(24)26)33(31,32)16-18-8-9-20-14-27-15-21(20)12-18/h3-13,17,27H,14-16H2,1-2H3,(H,28,30). The fourth-order valence-corrected chi connectivity index (χ4v) is 5.21. The summed E-state index contributed by atoms with van der Waals surface area (Å²) < 4.78 is 40.5. The number of amides is 2. The molecule has 1 heterocycles. The van der Waals surface area contributed by atoms with Crippen LogP contribution in [0.2, 0.25) is 0 Å². The topological polar surface area (TPSA) is 78.5 Å². The van der Waals surface area contributed by atoms with Crippen molar-refractivity contribution in [1.29, 1.82) is 0 Å². The zero-order valence-corrected chi connectivity index (χ0v) is 19.3. The summed E-state index contributed by atoms with van der Waals surface area (Å²) in [6.45, 7) is 3.36. The van der Waals surface area contributed by atoms with Gasteiger partial charge in [-0.1, -0.05) is 48.5 Å². The first-order chi connectivity index (χ1) is 15.7. The number of anilines is 1. The number of hydrogen-bond acceptors (Lipinski definition) is 4. The van der Waals surface area contributed by atoms with Gasteiger partial charge in [-0.3, -0.25) is 0 Å². The van der Waals surface area contributed by atoms with E-state index in [9.17, 15) is 17.6 Å². The number of rotatable bonds is 6. The summed E-state index contributed by atoms with van der Waals surface area (Å²) >= 11 is 0. The molecule has 0 radical (unpaired) electrons. The van der Waals surface area contributed by atoms with E-state index in [-0.39, 0.29) is 22.4 Å². The number of carbonyl (C=O) groups excluding carboxylic acids is 1. The van der Waals surface area contributed by atoms with Gasteiger partial charge in [0.05, 0.1) is 22.4 Å². The van der Waals surface area contributed by atoms with E-state index in [1.54, 1.807) is 13.1 Å². The Hall–Kier alpha value is -3.23. The van der Waals surface area contributed by atoms with Crippen LogP contribution in [0.1, 0.15) is 35.2 Å². The van der Waals surface area contributed by atoms with Gasteiger partial charge in [0.15, 0.2) is 9.84 Å². The van der Waals surface area contributed by atoms with Crippen LogP contribution < -0.4 is 10.6 Å². The highest BCUT2D eigenvalue weighted by atomic mass is 32.2. The van der Waals surface area contributed by atoms with Gasteiger partial charge in [-0.15, -0.1) is 0 Å². The molecular weight excluding hydrogens is 441 g/mol. The number of hydrogen-bond donors (Lipinski definition) is 2. The van der Waals surface area contributed by atoms with E-state index in [4.69, 9.17) is 0 Å². The van der Waals surface area contributed by atoms with Gasteiger partial charge in [0.1, 0.15) is 5.82 Å². The molecule has 1 aliphatic heterocycles. The van der Waals surface area contributed by atoms with Gasteiger partial charge in [-0.2, -0.15) is 0 Å². The highest BCUT2D eigenvalue weighted by molar-refractivity contribution is 7.90. The van der Waals surface area contributed by atoms with E-state index in [0.29, 0.717) is 12.1 Å². The number of nitrogens with zero attached hydrogens (tertiary/aromatic N) is 1. The summed E-state index contributed by atoms with van der Waals surface area (Å²) in [6.07, 6.45) is 0. The van der Waals surface area contributed by atoms with Gasteiger partial charge >= 0.3 is 6.03 Å². The quantitative estimate of drug-likeness (QED) is 0.554. The molecule has 3 aromatic rings. The Morgan fingerprint density at radius 3 is 2.52 bits per heavy atom. The maximum absolute atomic E-state index is 14.7. The Bertz CT molecular complexity index is 1280. The van der Waals surface area contributed by atoms with Crippen molar-refractivity contribution in [2.45, 2.75) is 36.7 Å². The molecule has 0 spiro atoms. The summed E-state index contributed by atoms with van der Waals surface area (Å²) in [5.41, 5.74) is 3.77. The van der Waals surface area contributed by atoms with Crippen LogP contribution >= 0.6 is 0 Å². The van der Waals surface area contributed by atoms with Crippen LogP contribution in [0.4, 0.5) is 14.9 Å². The largest absolute Gasteiger partial charge is 0.322 e. The Balaban J connectivity index is 1.46. The van der Waals surface area contributed by atoms with Crippen LogP contribution in [-0.2, 0) is 28.7 Å². The van der Waals surface area contributed by atoms with E-state index < -0.39 is 21.7 Å². The lowest BCUT2D eigenvalue weighted by atomic mass is 10.1. The molecule has 0 saturated carbocycles. The van der Waals surface area contributed by atoms with E-state index in [2.05, 4.69) is 10.6 Å². The van der Waals surface area contributed by atoms with Crippen LogP contribution in [0.5, 0.6) is 0 Å². The van der Waals surface area contributed by atoms with E-state index in [1.807, 2.05) is 49.4 Å². The number of nitrogens with one attached hydrogen (secondary N) is 2. The maximum Gasteiger partial charge on any atom is 0.322 e. The summed E-state index contributed by atoms with van der Waals surface area (Å²) in [7, 11) is -2.13. The summed E-state index contributed by atoms with van der Waals surface area (Å²) in [5, 5.41) is 5.75. The molecule has 172 valence electrons. The molecule has 1 unspecified atom stereocenters. The smallest absolute Gasteiger partial charge is 0.321 e. The molecule has 2 amide bonds. The highest BCUT2D eigenvalue weighted by Crippen LogP contribution is 2.25. The fourth-order valence-electron chi connectivity index (χ4n) is 3.87. The van der Waals surface area contributed by atoms with E-state index in [0.717, 1.165) is 29.3 Å². The lowest BCUT2D eigenvalue weighted by Gasteiger charge is -2.25. The third kappa shape index (κ3) is 5.07. The van der Waals surface area contributed by atoms with Crippen LogP contribution in [-0.4, -0.2) is 26.4 Å². The Labute approximate surface area is 193 Å². The van der Waals surface area contributed by atoms with Crippen molar-refractivity contribution in [2.75, 3.05) is 12.4 Å². The van der Waals surface area contributed by atoms with Crippen molar-refractivity contribution in [2.24, 2.45) is 0 Å². The molecular formula is C25H26FN3O3S.